The van der Waals surface area contributed by atoms with Crippen molar-refractivity contribution in [3.63, 3.8) is 0 Å². The van der Waals surface area contributed by atoms with Gasteiger partial charge in [0, 0.05) is 0 Å². The van der Waals surface area contributed by atoms with Gasteiger partial charge in [0.25, 0.3) is 0 Å². The minimum Gasteiger partial charge on any atom is -0.463 e. The molecule has 3 nitrogen and oxygen atoms in total. The maximum absolute atomic E-state index is 5.52. The van der Waals surface area contributed by atoms with Crippen LogP contribution >= 0.6 is 11.6 Å². The van der Waals surface area contributed by atoms with Gasteiger partial charge in [0.05, 0.1) is 12.4 Å². The normalized spacial score (nSPS) is 8.73. The topological polar surface area (TPSA) is 35.0 Å². The van der Waals surface area contributed by atoms with Crippen molar-refractivity contribution in [3.05, 3.63) is 17.5 Å². The number of hydrogen-bond acceptors (Lipinski definition) is 3. The van der Waals surface area contributed by atoms with E-state index in [-0.39, 0.29) is 6.61 Å². The van der Waals surface area contributed by atoms with Gasteiger partial charge in [0.2, 0.25) is 5.88 Å². The highest BCUT2D eigenvalue weighted by atomic mass is 35.5. The molecule has 0 unspecified atom stereocenters. The predicted octanol–water partition coefficient (Wildman–Crippen LogP) is 1.14. The summed E-state index contributed by atoms with van der Waals surface area (Å²) in [4.78, 5) is 7.54. The molecule has 1 rings (SSSR count). The first kappa shape index (κ1) is 7.83. The summed E-state index contributed by atoms with van der Waals surface area (Å²) in [5, 5.41) is 0.291. The van der Waals surface area contributed by atoms with E-state index in [1.54, 1.807) is 0 Å². The molecule has 1 aromatic rings. The number of halogens is 1. The quantitative estimate of drug-likeness (QED) is 0.622. The molecule has 0 saturated heterocycles. The van der Waals surface area contributed by atoms with Gasteiger partial charge < -0.3 is 4.74 Å². The molecule has 0 fully saturated rings. The Labute approximate surface area is 69.4 Å². The Bertz CT molecular complexity index is 282. The van der Waals surface area contributed by atoms with E-state index < -0.39 is 0 Å². The van der Waals surface area contributed by atoms with Gasteiger partial charge in [-0.1, -0.05) is 17.5 Å². The van der Waals surface area contributed by atoms with Crippen molar-refractivity contribution in [2.75, 3.05) is 6.61 Å². The summed E-state index contributed by atoms with van der Waals surface area (Å²) in [6.07, 6.45) is 7.83. The van der Waals surface area contributed by atoms with Crippen LogP contribution in [0.4, 0.5) is 0 Å². The maximum atomic E-state index is 5.52. The lowest BCUT2D eigenvalue weighted by molar-refractivity contribution is 0.354. The van der Waals surface area contributed by atoms with Crippen LogP contribution in [-0.4, -0.2) is 16.6 Å². The number of ether oxygens (including phenoxy) is 1. The molecule has 1 aromatic heterocycles. The zero-order valence-electron chi connectivity index (χ0n) is 5.62. The summed E-state index contributed by atoms with van der Waals surface area (Å²) < 4.78 is 4.94. The molecule has 1 heterocycles. The zero-order chi connectivity index (χ0) is 8.10. The van der Waals surface area contributed by atoms with E-state index in [1.165, 1.54) is 12.4 Å². The number of rotatable bonds is 2. The van der Waals surface area contributed by atoms with Gasteiger partial charge in [-0.05, 0) is 0 Å². The van der Waals surface area contributed by atoms with Crippen molar-refractivity contribution >= 4 is 11.6 Å². The van der Waals surface area contributed by atoms with Crippen LogP contribution in [0.15, 0.2) is 12.4 Å². The van der Waals surface area contributed by atoms with Crippen molar-refractivity contribution in [1.82, 2.24) is 9.97 Å². The Hall–Kier alpha value is -1.27. The Morgan fingerprint density at radius 1 is 1.64 bits per heavy atom. The summed E-state index contributed by atoms with van der Waals surface area (Å²) >= 11 is 5.52. The summed E-state index contributed by atoms with van der Waals surface area (Å²) in [5.74, 6) is 2.65. The fourth-order valence-electron chi connectivity index (χ4n) is 0.511. The highest BCUT2D eigenvalue weighted by molar-refractivity contribution is 6.29. The lowest BCUT2D eigenvalue weighted by atomic mass is 10.7. The highest BCUT2D eigenvalue weighted by Gasteiger charge is 1.94. The summed E-state index contributed by atoms with van der Waals surface area (Å²) in [5.41, 5.74) is 0. The SMILES string of the molecule is C#CCOc1cncc(Cl)n1. The van der Waals surface area contributed by atoms with Gasteiger partial charge in [-0.15, -0.1) is 6.42 Å². The van der Waals surface area contributed by atoms with Crippen molar-refractivity contribution in [1.29, 1.82) is 0 Å². The van der Waals surface area contributed by atoms with Crippen LogP contribution < -0.4 is 4.74 Å². The molecule has 11 heavy (non-hydrogen) atoms. The van der Waals surface area contributed by atoms with E-state index in [9.17, 15) is 0 Å². The average Bonchev–Trinajstić information content (AvgIpc) is 2.01. The van der Waals surface area contributed by atoms with E-state index in [0.29, 0.717) is 11.0 Å². The van der Waals surface area contributed by atoms with Gasteiger partial charge in [0.15, 0.2) is 11.8 Å². The largest absolute Gasteiger partial charge is 0.463 e. The second-order valence-corrected chi connectivity index (χ2v) is 2.06. The summed E-state index contributed by atoms with van der Waals surface area (Å²) in [6, 6.07) is 0. The Morgan fingerprint density at radius 3 is 3.09 bits per heavy atom. The molecule has 0 aliphatic carbocycles. The molecule has 0 amide bonds. The van der Waals surface area contributed by atoms with Crippen LogP contribution in [0.2, 0.25) is 5.15 Å². The van der Waals surface area contributed by atoms with Crippen LogP contribution in [0.5, 0.6) is 5.88 Å². The molecule has 0 saturated carbocycles. The van der Waals surface area contributed by atoms with Crippen LogP contribution in [0.1, 0.15) is 0 Å². The van der Waals surface area contributed by atoms with Crippen molar-refractivity contribution < 1.29 is 4.74 Å². The van der Waals surface area contributed by atoms with Gasteiger partial charge in [-0.25, -0.2) is 0 Å². The molecule has 0 bridgehead atoms. The van der Waals surface area contributed by atoms with Crippen LogP contribution in [0.3, 0.4) is 0 Å². The lowest BCUT2D eigenvalue weighted by Gasteiger charge is -1.98. The Balaban J connectivity index is 2.65. The van der Waals surface area contributed by atoms with Crippen molar-refractivity contribution in [3.8, 4) is 18.2 Å². The van der Waals surface area contributed by atoms with E-state index in [4.69, 9.17) is 22.8 Å². The van der Waals surface area contributed by atoms with Crippen molar-refractivity contribution in [2.24, 2.45) is 0 Å². The molecular formula is C7H5ClN2O. The third kappa shape index (κ3) is 2.44. The second kappa shape index (κ2) is 3.79. The van der Waals surface area contributed by atoms with Crippen molar-refractivity contribution in [2.45, 2.75) is 0 Å². The van der Waals surface area contributed by atoms with Gasteiger partial charge in [-0.3, -0.25) is 4.98 Å². The van der Waals surface area contributed by atoms with Crippen LogP contribution in [0, 0.1) is 12.3 Å². The first-order valence-corrected chi connectivity index (χ1v) is 3.24. The number of aromatic nitrogens is 2. The first-order valence-electron chi connectivity index (χ1n) is 2.86. The number of nitrogens with zero attached hydrogens (tertiary/aromatic N) is 2. The number of hydrogen-bond donors (Lipinski definition) is 0. The second-order valence-electron chi connectivity index (χ2n) is 1.67. The molecule has 4 heteroatoms. The molecule has 0 atom stereocenters. The monoisotopic (exact) mass is 168 g/mol. The molecular weight excluding hydrogens is 164 g/mol. The van der Waals surface area contributed by atoms with E-state index in [1.807, 2.05) is 0 Å². The van der Waals surface area contributed by atoms with Gasteiger partial charge in [0.1, 0.15) is 0 Å². The number of terminal acetylenes is 1. The molecule has 0 radical (unpaired) electrons. The minimum absolute atomic E-state index is 0.176. The molecule has 0 aliphatic heterocycles. The van der Waals surface area contributed by atoms with Crippen LogP contribution in [-0.2, 0) is 0 Å². The predicted molar refractivity (Wildman–Crippen MR) is 41.4 cm³/mol. The Kier molecular flexibility index (Phi) is 2.70. The highest BCUT2D eigenvalue weighted by Crippen LogP contribution is 2.08. The first-order chi connectivity index (χ1) is 5.33. The molecule has 0 aliphatic rings. The average molecular weight is 169 g/mol. The maximum Gasteiger partial charge on any atom is 0.234 e. The fourth-order valence-corrected chi connectivity index (χ4v) is 0.650. The Morgan fingerprint density at radius 2 is 2.45 bits per heavy atom. The molecule has 56 valence electrons. The molecule has 0 aromatic carbocycles. The summed E-state index contributed by atoms with van der Waals surface area (Å²) in [6.45, 7) is 0.176. The molecule has 0 spiro atoms. The summed E-state index contributed by atoms with van der Waals surface area (Å²) in [7, 11) is 0. The van der Waals surface area contributed by atoms with Gasteiger partial charge in [-0.2, -0.15) is 4.98 Å². The third-order valence-corrected chi connectivity index (χ3v) is 1.07. The third-order valence-electron chi connectivity index (χ3n) is 0.886. The van der Waals surface area contributed by atoms with E-state index in [0.717, 1.165) is 0 Å². The lowest BCUT2D eigenvalue weighted by Crippen LogP contribution is -1.96. The standard InChI is InChI=1S/C7H5ClN2O/c1-2-3-11-7-5-9-4-6(8)10-7/h1,4-5H,3H2. The minimum atomic E-state index is 0.176. The van der Waals surface area contributed by atoms with E-state index in [2.05, 4.69) is 15.9 Å². The fraction of sp³-hybridized carbons (Fsp3) is 0.143. The van der Waals surface area contributed by atoms with E-state index >= 15 is 0 Å². The van der Waals surface area contributed by atoms with Crippen LogP contribution in [0.25, 0.3) is 0 Å². The zero-order valence-corrected chi connectivity index (χ0v) is 6.38. The molecule has 0 N–H and O–H groups in total. The smallest absolute Gasteiger partial charge is 0.234 e. The van der Waals surface area contributed by atoms with Gasteiger partial charge >= 0.3 is 0 Å².